The predicted molar refractivity (Wildman–Crippen MR) is 81.7 cm³/mol. The van der Waals surface area contributed by atoms with Crippen molar-refractivity contribution in [1.82, 2.24) is 14.9 Å². The summed E-state index contributed by atoms with van der Waals surface area (Å²) in [6.45, 7) is 1.97. The van der Waals surface area contributed by atoms with E-state index in [-0.39, 0.29) is 30.9 Å². The van der Waals surface area contributed by atoms with E-state index in [1.54, 1.807) is 0 Å². The third-order valence-electron chi connectivity index (χ3n) is 3.36. The van der Waals surface area contributed by atoms with Gasteiger partial charge in [0.05, 0.1) is 19.9 Å². The Labute approximate surface area is 131 Å². The topological polar surface area (TPSA) is 105 Å². The van der Waals surface area contributed by atoms with Gasteiger partial charge in [0.25, 0.3) is 0 Å². The molecule has 0 saturated carbocycles. The van der Waals surface area contributed by atoms with Crippen molar-refractivity contribution in [2.24, 2.45) is 0 Å². The van der Waals surface area contributed by atoms with Crippen LogP contribution in [0.2, 0.25) is 0 Å². The number of esters is 1. The second kappa shape index (κ2) is 9.06. The third-order valence-corrected chi connectivity index (χ3v) is 4.12. The van der Waals surface area contributed by atoms with Crippen molar-refractivity contribution in [2.75, 3.05) is 39.5 Å². The standard InChI is InChI=1S/C13H25N3O5S/c1-21-13(18)6-3-7-14-12(17)10-16-8-4-5-11(9-16)15-22(2,19)20/h11,15H,3-10H2,1-2H3,(H,14,17)/t11-/m1/s1. The molecular weight excluding hydrogens is 310 g/mol. The van der Waals surface area contributed by atoms with Crippen molar-refractivity contribution in [1.29, 1.82) is 0 Å². The van der Waals surface area contributed by atoms with Crippen molar-refractivity contribution < 1.29 is 22.7 Å². The SMILES string of the molecule is COC(=O)CCCNC(=O)CN1CCC[C@@H](NS(C)(=O)=O)C1. The molecule has 2 N–H and O–H groups in total. The van der Waals surface area contributed by atoms with Gasteiger partial charge in [-0.15, -0.1) is 0 Å². The minimum atomic E-state index is -3.22. The van der Waals surface area contributed by atoms with Crippen molar-refractivity contribution in [3.63, 3.8) is 0 Å². The van der Waals surface area contributed by atoms with Crippen LogP contribution in [0.25, 0.3) is 0 Å². The number of ether oxygens (including phenoxy) is 1. The van der Waals surface area contributed by atoms with E-state index in [2.05, 4.69) is 14.8 Å². The van der Waals surface area contributed by atoms with E-state index >= 15 is 0 Å². The normalized spacial score (nSPS) is 19.6. The summed E-state index contributed by atoms with van der Waals surface area (Å²) in [6, 6.07) is -0.143. The highest BCUT2D eigenvalue weighted by molar-refractivity contribution is 7.88. The number of hydrogen-bond acceptors (Lipinski definition) is 6. The van der Waals surface area contributed by atoms with Crippen LogP contribution in [0.3, 0.4) is 0 Å². The van der Waals surface area contributed by atoms with E-state index in [4.69, 9.17) is 0 Å². The molecule has 1 aliphatic rings. The maximum atomic E-state index is 11.8. The highest BCUT2D eigenvalue weighted by atomic mass is 32.2. The molecule has 0 aromatic heterocycles. The lowest BCUT2D eigenvalue weighted by Gasteiger charge is -2.32. The zero-order chi connectivity index (χ0) is 16.6. The fraction of sp³-hybridized carbons (Fsp3) is 0.846. The minimum Gasteiger partial charge on any atom is -0.469 e. The third kappa shape index (κ3) is 8.30. The molecule has 9 heteroatoms. The summed E-state index contributed by atoms with van der Waals surface area (Å²) in [4.78, 5) is 24.7. The molecule has 128 valence electrons. The summed E-state index contributed by atoms with van der Waals surface area (Å²) in [5, 5.41) is 2.75. The molecule has 1 rings (SSSR count). The highest BCUT2D eigenvalue weighted by Crippen LogP contribution is 2.10. The van der Waals surface area contributed by atoms with Gasteiger partial charge in [-0.2, -0.15) is 0 Å². The van der Waals surface area contributed by atoms with Crippen molar-refractivity contribution in [2.45, 2.75) is 31.7 Å². The number of sulfonamides is 1. The fourth-order valence-electron chi connectivity index (χ4n) is 2.42. The van der Waals surface area contributed by atoms with Crippen LogP contribution in [0.1, 0.15) is 25.7 Å². The molecule has 22 heavy (non-hydrogen) atoms. The van der Waals surface area contributed by atoms with E-state index in [0.717, 1.165) is 25.6 Å². The molecular formula is C13H25N3O5S. The van der Waals surface area contributed by atoms with Crippen LogP contribution in [0.15, 0.2) is 0 Å². The number of nitrogens with one attached hydrogen (secondary N) is 2. The Hall–Kier alpha value is -1.19. The van der Waals surface area contributed by atoms with Crippen molar-refractivity contribution in [3.05, 3.63) is 0 Å². The van der Waals surface area contributed by atoms with E-state index in [9.17, 15) is 18.0 Å². The number of rotatable bonds is 8. The van der Waals surface area contributed by atoms with Crippen molar-refractivity contribution in [3.8, 4) is 0 Å². The average molecular weight is 335 g/mol. The lowest BCUT2D eigenvalue weighted by molar-refractivity contribution is -0.140. The summed E-state index contributed by atoms with van der Waals surface area (Å²) in [5.41, 5.74) is 0. The summed E-state index contributed by atoms with van der Waals surface area (Å²) in [6.07, 6.45) is 3.59. The van der Waals surface area contributed by atoms with Gasteiger partial charge < -0.3 is 10.1 Å². The first kappa shape index (κ1) is 18.9. The molecule has 1 saturated heterocycles. The quantitative estimate of drug-likeness (QED) is 0.439. The number of hydrogen-bond donors (Lipinski definition) is 2. The lowest BCUT2D eigenvalue weighted by Crippen LogP contribution is -2.50. The Morgan fingerprint density at radius 3 is 2.73 bits per heavy atom. The molecule has 0 radical (unpaired) electrons. The first-order valence-corrected chi connectivity index (χ1v) is 9.22. The monoisotopic (exact) mass is 335 g/mol. The molecule has 1 fully saturated rings. The van der Waals surface area contributed by atoms with Gasteiger partial charge in [0.1, 0.15) is 0 Å². The van der Waals surface area contributed by atoms with Gasteiger partial charge in [-0.3, -0.25) is 14.5 Å². The second-order valence-electron chi connectivity index (χ2n) is 5.49. The molecule has 0 aromatic carbocycles. The molecule has 1 atom stereocenters. The molecule has 0 aliphatic carbocycles. The molecule has 1 aliphatic heterocycles. The Balaban J connectivity index is 2.24. The average Bonchev–Trinajstić information content (AvgIpc) is 2.41. The van der Waals surface area contributed by atoms with Gasteiger partial charge in [0.2, 0.25) is 15.9 Å². The highest BCUT2D eigenvalue weighted by Gasteiger charge is 2.23. The van der Waals surface area contributed by atoms with Gasteiger partial charge in [0.15, 0.2) is 0 Å². The van der Waals surface area contributed by atoms with E-state index in [0.29, 0.717) is 19.5 Å². The molecule has 0 aromatic rings. The number of piperidine rings is 1. The van der Waals surface area contributed by atoms with E-state index in [1.165, 1.54) is 7.11 Å². The maximum Gasteiger partial charge on any atom is 0.305 e. The number of carbonyl (C=O) groups is 2. The predicted octanol–water partition coefficient (Wildman–Crippen LogP) is -0.931. The minimum absolute atomic E-state index is 0.120. The second-order valence-corrected chi connectivity index (χ2v) is 7.27. The van der Waals surface area contributed by atoms with Gasteiger partial charge >= 0.3 is 5.97 Å². The molecule has 0 spiro atoms. The van der Waals surface area contributed by atoms with Crippen LogP contribution < -0.4 is 10.0 Å². The van der Waals surface area contributed by atoms with E-state index < -0.39 is 10.0 Å². The van der Waals surface area contributed by atoms with Gasteiger partial charge in [-0.1, -0.05) is 0 Å². The van der Waals surface area contributed by atoms with Crippen LogP contribution in [-0.4, -0.2) is 70.8 Å². The molecule has 8 nitrogen and oxygen atoms in total. The summed E-state index contributed by atoms with van der Waals surface area (Å²) in [7, 11) is -1.89. The number of methoxy groups -OCH3 is 1. The molecule has 1 heterocycles. The Bertz CT molecular complexity index is 480. The van der Waals surface area contributed by atoms with Gasteiger partial charge in [0, 0.05) is 25.6 Å². The fourth-order valence-corrected chi connectivity index (χ4v) is 3.22. The Morgan fingerprint density at radius 1 is 1.36 bits per heavy atom. The van der Waals surface area contributed by atoms with Crippen molar-refractivity contribution >= 4 is 21.9 Å². The molecule has 0 bridgehead atoms. The van der Waals surface area contributed by atoms with Crippen LogP contribution in [-0.2, 0) is 24.3 Å². The lowest BCUT2D eigenvalue weighted by atomic mass is 10.1. The Kier molecular flexibility index (Phi) is 7.77. The van der Waals surface area contributed by atoms with Gasteiger partial charge in [-0.05, 0) is 25.8 Å². The smallest absolute Gasteiger partial charge is 0.305 e. The zero-order valence-corrected chi connectivity index (χ0v) is 13.9. The molecule has 1 amide bonds. The summed E-state index contributed by atoms with van der Waals surface area (Å²) < 4.78 is 29.6. The number of carbonyl (C=O) groups excluding carboxylic acids is 2. The first-order valence-electron chi connectivity index (χ1n) is 7.33. The van der Waals surface area contributed by atoms with Gasteiger partial charge in [-0.25, -0.2) is 13.1 Å². The van der Waals surface area contributed by atoms with Crippen LogP contribution >= 0.6 is 0 Å². The number of amides is 1. The van der Waals surface area contributed by atoms with E-state index in [1.807, 2.05) is 4.90 Å². The summed E-state index contributed by atoms with van der Waals surface area (Å²) in [5.74, 6) is -0.412. The largest absolute Gasteiger partial charge is 0.469 e. The number of nitrogens with zero attached hydrogens (tertiary/aromatic N) is 1. The maximum absolute atomic E-state index is 11.8. The van der Waals surface area contributed by atoms with Crippen LogP contribution in [0.5, 0.6) is 0 Å². The summed E-state index contributed by atoms with van der Waals surface area (Å²) >= 11 is 0. The van der Waals surface area contributed by atoms with Crippen LogP contribution in [0, 0.1) is 0 Å². The zero-order valence-electron chi connectivity index (χ0n) is 13.1. The molecule has 0 unspecified atom stereocenters. The Morgan fingerprint density at radius 2 is 2.09 bits per heavy atom. The first-order chi connectivity index (χ1) is 10.3. The van der Waals surface area contributed by atoms with Crippen LogP contribution in [0.4, 0.5) is 0 Å². The number of likely N-dealkylation sites (tertiary alicyclic amines) is 1.